The van der Waals surface area contributed by atoms with Crippen LogP contribution in [0.25, 0.3) is 0 Å². The van der Waals surface area contributed by atoms with Crippen LogP contribution in [0.5, 0.6) is 11.5 Å². The first kappa shape index (κ1) is 23.5. The van der Waals surface area contributed by atoms with E-state index in [1.807, 2.05) is 0 Å². The smallest absolute Gasteiger partial charge is 0.387 e. The van der Waals surface area contributed by atoms with Crippen LogP contribution in [-0.2, 0) is 9.57 Å². The lowest BCUT2D eigenvalue weighted by Crippen LogP contribution is -2.44. The Bertz CT molecular complexity index is 1100. The molecule has 1 spiro atoms. The Balaban J connectivity index is 1.32. The van der Waals surface area contributed by atoms with Gasteiger partial charge in [-0.2, -0.15) is 8.78 Å². The number of hydrogen-bond acceptors (Lipinski definition) is 6. The minimum absolute atomic E-state index is 0.0934. The molecule has 3 aliphatic heterocycles. The number of ether oxygens (including phenoxy) is 3. The average Bonchev–Trinajstić information content (AvgIpc) is 3.50. The summed E-state index contributed by atoms with van der Waals surface area (Å²) in [5, 5.41) is 4.21. The van der Waals surface area contributed by atoms with Gasteiger partial charge >= 0.3 is 6.61 Å². The number of hydrogen-bond donors (Lipinski definition) is 0. The monoisotopic (exact) mass is 490 g/mol. The van der Waals surface area contributed by atoms with Crippen molar-refractivity contribution in [1.82, 2.24) is 4.90 Å². The molecule has 3 heterocycles. The number of piperidine rings is 1. The van der Waals surface area contributed by atoms with E-state index in [4.69, 9.17) is 14.3 Å². The van der Waals surface area contributed by atoms with Gasteiger partial charge in [0.05, 0.1) is 25.5 Å². The van der Waals surface area contributed by atoms with Crippen LogP contribution in [0.2, 0.25) is 0 Å². The van der Waals surface area contributed by atoms with E-state index >= 15 is 0 Å². The lowest BCUT2D eigenvalue weighted by Gasteiger charge is -2.33. The maximum absolute atomic E-state index is 13.2. The zero-order valence-corrected chi connectivity index (χ0v) is 18.9. The SMILES string of the molecule is O=C(c1ccc(F)cc1)N1CCCC(Oc2cc(C3=NOC4(CCOC4)C3)ccc2OC(F)F)C1. The topological polar surface area (TPSA) is 69.6 Å². The molecule has 0 N–H and O–H groups in total. The molecule has 0 saturated carbocycles. The molecule has 186 valence electrons. The van der Waals surface area contributed by atoms with Gasteiger partial charge in [0, 0.05) is 30.5 Å². The Morgan fingerprint density at radius 3 is 2.74 bits per heavy atom. The molecule has 5 rings (SSSR count). The van der Waals surface area contributed by atoms with Crippen LogP contribution in [-0.4, -0.2) is 61.1 Å². The lowest BCUT2D eigenvalue weighted by molar-refractivity contribution is -0.0524. The molecule has 2 unspecified atom stereocenters. The van der Waals surface area contributed by atoms with Crippen molar-refractivity contribution in [2.45, 2.75) is 44.0 Å². The molecule has 7 nitrogen and oxygen atoms in total. The van der Waals surface area contributed by atoms with Crippen molar-refractivity contribution in [2.75, 3.05) is 26.3 Å². The van der Waals surface area contributed by atoms with Crippen molar-refractivity contribution < 1.29 is 37.0 Å². The highest BCUT2D eigenvalue weighted by Gasteiger charge is 2.43. The van der Waals surface area contributed by atoms with Crippen LogP contribution < -0.4 is 9.47 Å². The summed E-state index contributed by atoms with van der Waals surface area (Å²) in [5.74, 6) is -0.603. The summed E-state index contributed by atoms with van der Waals surface area (Å²) in [5.41, 5.74) is 1.26. The molecule has 0 aliphatic carbocycles. The Kier molecular flexibility index (Phi) is 6.55. The van der Waals surface area contributed by atoms with E-state index < -0.39 is 24.1 Å². The van der Waals surface area contributed by atoms with Crippen molar-refractivity contribution in [3.63, 3.8) is 0 Å². The van der Waals surface area contributed by atoms with Crippen molar-refractivity contribution in [1.29, 1.82) is 0 Å². The molecule has 0 radical (unpaired) electrons. The van der Waals surface area contributed by atoms with Gasteiger partial charge in [0.15, 0.2) is 17.1 Å². The fourth-order valence-electron chi connectivity index (χ4n) is 4.62. The Morgan fingerprint density at radius 1 is 1.17 bits per heavy atom. The van der Waals surface area contributed by atoms with Crippen LogP contribution in [0.1, 0.15) is 41.6 Å². The van der Waals surface area contributed by atoms with E-state index in [1.165, 1.54) is 30.3 Å². The van der Waals surface area contributed by atoms with Crippen LogP contribution in [0, 0.1) is 5.82 Å². The second-order valence-corrected chi connectivity index (χ2v) is 8.97. The zero-order chi connectivity index (χ0) is 24.4. The third-order valence-electron chi connectivity index (χ3n) is 6.45. The fourth-order valence-corrected chi connectivity index (χ4v) is 4.62. The summed E-state index contributed by atoms with van der Waals surface area (Å²) < 4.78 is 55.6. The largest absolute Gasteiger partial charge is 0.485 e. The van der Waals surface area contributed by atoms with E-state index in [0.717, 1.165) is 6.42 Å². The number of carbonyl (C=O) groups is 1. The van der Waals surface area contributed by atoms with Gasteiger partial charge in [-0.1, -0.05) is 5.16 Å². The highest BCUT2D eigenvalue weighted by Crippen LogP contribution is 2.37. The number of carbonyl (C=O) groups excluding carboxylic acids is 1. The summed E-state index contributed by atoms with van der Waals surface area (Å²) in [4.78, 5) is 20.1. The zero-order valence-electron chi connectivity index (χ0n) is 18.9. The van der Waals surface area contributed by atoms with Crippen molar-refractivity contribution in [2.24, 2.45) is 5.16 Å². The second-order valence-electron chi connectivity index (χ2n) is 8.97. The van der Waals surface area contributed by atoms with E-state index in [0.29, 0.717) is 55.9 Å². The number of amides is 1. The van der Waals surface area contributed by atoms with Crippen molar-refractivity contribution >= 4 is 11.6 Å². The Hall–Kier alpha value is -3.27. The van der Waals surface area contributed by atoms with Gasteiger partial charge in [-0.25, -0.2) is 4.39 Å². The van der Waals surface area contributed by atoms with Crippen LogP contribution in [0.15, 0.2) is 47.6 Å². The van der Waals surface area contributed by atoms with E-state index in [9.17, 15) is 18.0 Å². The van der Waals surface area contributed by atoms with Gasteiger partial charge in [0.2, 0.25) is 0 Å². The quantitative estimate of drug-likeness (QED) is 0.601. The van der Waals surface area contributed by atoms with E-state index in [-0.39, 0.29) is 24.0 Å². The normalized spacial score (nSPS) is 23.9. The first-order valence-electron chi connectivity index (χ1n) is 11.5. The molecule has 0 aromatic heterocycles. The second kappa shape index (κ2) is 9.77. The third-order valence-corrected chi connectivity index (χ3v) is 6.45. The van der Waals surface area contributed by atoms with Crippen LogP contribution in [0.4, 0.5) is 13.2 Å². The van der Waals surface area contributed by atoms with Gasteiger partial charge in [0.1, 0.15) is 11.9 Å². The molecule has 1 amide bonds. The molecule has 2 fully saturated rings. The van der Waals surface area contributed by atoms with Gasteiger partial charge < -0.3 is 23.9 Å². The molecule has 2 aromatic rings. The molecule has 2 saturated heterocycles. The maximum Gasteiger partial charge on any atom is 0.387 e. The summed E-state index contributed by atoms with van der Waals surface area (Å²) in [6.07, 6.45) is 2.15. The number of nitrogens with zero attached hydrogens (tertiary/aromatic N) is 2. The maximum atomic E-state index is 13.2. The number of oxime groups is 1. The number of benzene rings is 2. The predicted molar refractivity (Wildman–Crippen MR) is 119 cm³/mol. The van der Waals surface area contributed by atoms with E-state index in [2.05, 4.69) is 9.89 Å². The van der Waals surface area contributed by atoms with Gasteiger partial charge in [-0.3, -0.25) is 4.79 Å². The predicted octanol–water partition coefficient (Wildman–Crippen LogP) is 4.39. The summed E-state index contributed by atoms with van der Waals surface area (Å²) in [6, 6.07) is 10.0. The van der Waals surface area contributed by atoms with Gasteiger partial charge in [-0.05, 0) is 55.3 Å². The summed E-state index contributed by atoms with van der Waals surface area (Å²) in [7, 11) is 0. The molecular formula is C25H25F3N2O5. The summed E-state index contributed by atoms with van der Waals surface area (Å²) in [6.45, 7) is -1.17. The Labute approximate surface area is 200 Å². The minimum atomic E-state index is -3.02. The van der Waals surface area contributed by atoms with Crippen LogP contribution in [0.3, 0.4) is 0 Å². The third kappa shape index (κ3) is 5.22. The molecule has 3 aliphatic rings. The molecule has 0 bridgehead atoms. The lowest BCUT2D eigenvalue weighted by atomic mass is 9.93. The van der Waals surface area contributed by atoms with Crippen LogP contribution >= 0.6 is 0 Å². The fraction of sp³-hybridized carbons (Fsp3) is 0.440. The molecule has 10 heteroatoms. The number of alkyl halides is 2. The first-order valence-corrected chi connectivity index (χ1v) is 11.5. The number of likely N-dealkylation sites (tertiary alicyclic amines) is 1. The molecule has 35 heavy (non-hydrogen) atoms. The molecule has 2 atom stereocenters. The van der Waals surface area contributed by atoms with Crippen molar-refractivity contribution in [3.05, 3.63) is 59.4 Å². The van der Waals surface area contributed by atoms with Crippen molar-refractivity contribution in [3.8, 4) is 11.5 Å². The number of halogens is 3. The van der Waals surface area contributed by atoms with E-state index in [1.54, 1.807) is 17.0 Å². The average molecular weight is 490 g/mol. The minimum Gasteiger partial charge on any atom is -0.485 e. The Morgan fingerprint density at radius 2 is 2.00 bits per heavy atom. The summed E-state index contributed by atoms with van der Waals surface area (Å²) >= 11 is 0. The standard InChI is InChI=1S/C25H25F3N2O5/c26-18-6-3-16(4-7-18)23(31)30-10-1-2-19(14-30)33-22-12-17(5-8-21(22)34-24(27)28)20-13-25(35-29-20)9-11-32-15-25/h3-8,12,19,24H,1-2,9-11,13-15H2. The van der Waals surface area contributed by atoms with Gasteiger partial charge in [-0.15, -0.1) is 0 Å². The molecular weight excluding hydrogens is 465 g/mol. The highest BCUT2D eigenvalue weighted by atomic mass is 19.3. The van der Waals surface area contributed by atoms with Gasteiger partial charge in [0.25, 0.3) is 5.91 Å². The highest BCUT2D eigenvalue weighted by molar-refractivity contribution is 6.02. The molecule has 2 aromatic carbocycles. The first-order chi connectivity index (χ1) is 16.9. The number of rotatable bonds is 6.